The highest BCUT2D eigenvalue weighted by atomic mass is 35.5. The van der Waals surface area contributed by atoms with E-state index in [1.807, 2.05) is 30.3 Å². The Labute approximate surface area is 152 Å². The Morgan fingerprint density at radius 1 is 1.16 bits per heavy atom. The first kappa shape index (κ1) is 17.4. The van der Waals surface area contributed by atoms with Crippen molar-refractivity contribution in [1.29, 1.82) is 0 Å². The van der Waals surface area contributed by atoms with E-state index in [-0.39, 0.29) is 17.9 Å². The number of aromatic hydroxyl groups is 1. The molecule has 0 saturated heterocycles. The highest BCUT2D eigenvalue weighted by molar-refractivity contribution is 7.99. The molecule has 3 aromatic rings. The van der Waals surface area contributed by atoms with Crippen molar-refractivity contribution in [3.05, 3.63) is 70.0 Å². The fourth-order valence-corrected chi connectivity index (χ4v) is 3.26. The van der Waals surface area contributed by atoms with Gasteiger partial charge in [-0.1, -0.05) is 29.8 Å². The number of thioether (sulfide) groups is 1. The fourth-order valence-electron chi connectivity index (χ4n) is 2.34. The van der Waals surface area contributed by atoms with Gasteiger partial charge in [0.25, 0.3) is 5.56 Å². The monoisotopic (exact) mass is 375 g/mol. The van der Waals surface area contributed by atoms with E-state index in [2.05, 4.69) is 0 Å². The zero-order valence-electron chi connectivity index (χ0n) is 13.0. The lowest BCUT2D eigenvalue weighted by Crippen LogP contribution is -2.28. The zero-order chi connectivity index (χ0) is 17.8. The van der Waals surface area contributed by atoms with Crippen LogP contribution in [0, 0.1) is 0 Å². The van der Waals surface area contributed by atoms with Crippen molar-refractivity contribution >= 4 is 40.4 Å². The van der Waals surface area contributed by atoms with Crippen LogP contribution in [-0.4, -0.2) is 28.1 Å². The molecule has 0 aliphatic rings. The Morgan fingerprint density at radius 2 is 1.92 bits per heavy atom. The van der Waals surface area contributed by atoms with Crippen LogP contribution in [0.3, 0.4) is 0 Å². The van der Waals surface area contributed by atoms with Crippen LogP contribution >= 0.6 is 23.4 Å². The average Bonchev–Trinajstić information content (AvgIpc) is 2.59. The predicted octanol–water partition coefficient (Wildman–Crippen LogP) is 4.14. The molecule has 25 heavy (non-hydrogen) atoms. The van der Waals surface area contributed by atoms with Crippen molar-refractivity contribution in [3.63, 3.8) is 0 Å². The van der Waals surface area contributed by atoms with E-state index in [0.717, 1.165) is 15.5 Å². The fraction of sp³-hybridized carbons (Fsp3) is 0.111. The predicted molar refractivity (Wildman–Crippen MR) is 98.8 cm³/mol. The summed E-state index contributed by atoms with van der Waals surface area (Å²) in [4.78, 5) is 25.5. The molecule has 0 unspecified atom stereocenters. The number of benzene rings is 2. The molecular formula is C18H14ClNO4S. The smallest absolute Gasteiger partial charge is 0.421 e. The molecule has 2 aromatic carbocycles. The van der Waals surface area contributed by atoms with Crippen LogP contribution in [0.15, 0.2) is 64.3 Å². The maximum absolute atomic E-state index is 12.3. The van der Waals surface area contributed by atoms with Gasteiger partial charge in [-0.25, -0.2) is 9.36 Å². The molecule has 3 rings (SSSR count). The van der Waals surface area contributed by atoms with E-state index in [1.165, 1.54) is 6.07 Å². The van der Waals surface area contributed by atoms with Crippen LogP contribution < -0.4 is 5.56 Å². The molecule has 1 N–H and O–H groups in total. The maximum Gasteiger partial charge on any atom is 0.421 e. The van der Waals surface area contributed by atoms with Crippen molar-refractivity contribution in [2.75, 3.05) is 12.4 Å². The molecule has 0 aliphatic carbocycles. The van der Waals surface area contributed by atoms with Crippen LogP contribution in [0.1, 0.15) is 0 Å². The summed E-state index contributed by atoms with van der Waals surface area (Å²) in [6, 6.07) is 15.3. The number of aromatic nitrogens is 1. The third-order valence-electron chi connectivity index (χ3n) is 3.46. The van der Waals surface area contributed by atoms with Gasteiger partial charge >= 0.3 is 6.09 Å². The standard InChI is InChI=1S/C18H14ClNO4S/c19-12-6-7-14-15(10-12)20(17(22)11-16(14)21)18(23)24-8-9-25-13-4-2-1-3-5-13/h1-7,10-11,21H,8-9H2. The van der Waals surface area contributed by atoms with Gasteiger partial charge in [0.05, 0.1) is 5.52 Å². The van der Waals surface area contributed by atoms with E-state index in [4.69, 9.17) is 16.3 Å². The Kier molecular flexibility index (Phi) is 5.31. The Morgan fingerprint density at radius 3 is 2.68 bits per heavy atom. The van der Waals surface area contributed by atoms with Crippen molar-refractivity contribution in [2.24, 2.45) is 0 Å². The van der Waals surface area contributed by atoms with Crippen LogP contribution in [-0.2, 0) is 4.74 Å². The summed E-state index contributed by atoms with van der Waals surface area (Å²) in [5.41, 5.74) is -0.466. The second-order valence-electron chi connectivity index (χ2n) is 5.14. The van der Waals surface area contributed by atoms with E-state index in [1.54, 1.807) is 23.9 Å². The first-order valence-electron chi connectivity index (χ1n) is 7.45. The molecule has 0 radical (unpaired) electrons. The summed E-state index contributed by atoms with van der Waals surface area (Å²) < 4.78 is 6.07. The second kappa shape index (κ2) is 7.63. The number of nitrogens with zero attached hydrogens (tertiary/aromatic N) is 1. The molecule has 7 heteroatoms. The molecule has 0 atom stereocenters. The Hall–Kier alpha value is -2.44. The van der Waals surface area contributed by atoms with Crippen molar-refractivity contribution < 1.29 is 14.6 Å². The summed E-state index contributed by atoms with van der Waals surface area (Å²) in [5, 5.41) is 10.6. The topological polar surface area (TPSA) is 68.5 Å². The number of ether oxygens (including phenoxy) is 1. The minimum Gasteiger partial charge on any atom is -0.507 e. The quantitative estimate of drug-likeness (QED) is 0.548. The molecule has 0 bridgehead atoms. The Bertz CT molecular complexity index is 972. The number of rotatable bonds is 4. The van der Waals surface area contributed by atoms with Gasteiger partial charge in [-0.15, -0.1) is 11.8 Å². The van der Waals surface area contributed by atoms with Gasteiger partial charge in [-0.2, -0.15) is 0 Å². The minimum atomic E-state index is -0.800. The molecule has 0 amide bonds. The summed E-state index contributed by atoms with van der Waals surface area (Å²) in [6.07, 6.45) is -0.800. The summed E-state index contributed by atoms with van der Waals surface area (Å²) >= 11 is 7.49. The zero-order valence-corrected chi connectivity index (χ0v) is 14.6. The van der Waals surface area contributed by atoms with Crippen LogP contribution in [0.25, 0.3) is 10.9 Å². The highest BCUT2D eigenvalue weighted by Gasteiger charge is 2.15. The van der Waals surface area contributed by atoms with Gasteiger partial charge in [0.15, 0.2) is 0 Å². The largest absolute Gasteiger partial charge is 0.507 e. The number of hydrogen-bond donors (Lipinski definition) is 1. The van der Waals surface area contributed by atoms with Crippen LogP contribution in [0.2, 0.25) is 5.02 Å². The first-order chi connectivity index (χ1) is 12.1. The number of hydrogen-bond acceptors (Lipinski definition) is 5. The molecule has 0 fully saturated rings. The third kappa shape index (κ3) is 3.97. The van der Waals surface area contributed by atoms with E-state index in [0.29, 0.717) is 16.2 Å². The molecule has 128 valence electrons. The lowest BCUT2D eigenvalue weighted by Gasteiger charge is -2.11. The van der Waals surface area contributed by atoms with Gasteiger partial charge in [-0.3, -0.25) is 4.79 Å². The SMILES string of the molecule is O=C(OCCSc1ccccc1)n1c(=O)cc(O)c2ccc(Cl)cc21. The van der Waals surface area contributed by atoms with Crippen LogP contribution in [0.5, 0.6) is 5.75 Å². The van der Waals surface area contributed by atoms with E-state index >= 15 is 0 Å². The maximum atomic E-state index is 12.3. The number of halogens is 1. The number of fused-ring (bicyclic) bond motifs is 1. The van der Waals surface area contributed by atoms with Gasteiger partial charge in [0, 0.05) is 27.1 Å². The van der Waals surface area contributed by atoms with Crippen molar-refractivity contribution in [3.8, 4) is 5.75 Å². The summed E-state index contributed by atoms with van der Waals surface area (Å²) in [5.74, 6) is 0.349. The number of carbonyl (C=O) groups is 1. The molecule has 0 aliphatic heterocycles. The molecule has 5 nitrogen and oxygen atoms in total. The number of carbonyl (C=O) groups excluding carboxylic acids is 1. The Balaban J connectivity index is 1.76. The van der Waals surface area contributed by atoms with Gasteiger partial charge in [0.1, 0.15) is 12.4 Å². The second-order valence-corrected chi connectivity index (χ2v) is 6.75. The average molecular weight is 376 g/mol. The van der Waals surface area contributed by atoms with Crippen molar-refractivity contribution in [2.45, 2.75) is 4.90 Å². The number of pyridine rings is 1. The van der Waals surface area contributed by atoms with Crippen LogP contribution in [0.4, 0.5) is 4.79 Å². The lowest BCUT2D eigenvalue weighted by molar-refractivity contribution is 0.155. The van der Waals surface area contributed by atoms with E-state index < -0.39 is 11.7 Å². The van der Waals surface area contributed by atoms with Gasteiger partial charge < -0.3 is 9.84 Å². The van der Waals surface area contributed by atoms with Gasteiger partial charge in [-0.05, 0) is 30.3 Å². The summed E-state index contributed by atoms with van der Waals surface area (Å²) in [6.45, 7) is 0.147. The normalized spacial score (nSPS) is 10.8. The van der Waals surface area contributed by atoms with Gasteiger partial charge in [0.2, 0.25) is 0 Å². The molecule has 1 heterocycles. The molecular weight excluding hydrogens is 362 g/mol. The summed E-state index contributed by atoms with van der Waals surface area (Å²) in [7, 11) is 0. The van der Waals surface area contributed by atoms with Crippen molar-refractivity contribution in [1.82, 2.24) is 4.57 Å². The molecule has 0 saturated carbocycles. The minimum absolute atomic E-state index is 0.147. The third-order valence-corrected chi connectivity index (χ3v) is 4.67. The first-order valence-corrected chi connectivity index (χ1v) is 8.82. The lowest BCUT2D eigenvalue weighted by atomic mass is 10.2. The molecule has 1 aromatic heterocycles. The highest BCUT2D eigenvalue weighted by Crippen LogP contribution is 2.25. The molecule has 0 spiro atoms. The van der Waals surface area contributed by atoms with E-state index in [9.17, 15) is 14.7 Å².